The molecule has 2 rings (SSSR count). The largest absolute Gasteiger partial charge is 0.573 e. The maximum absolute atomic E-state index is 12.3. The monoisotopic (exact) mass is 287 g/mol. The Morgan fingerprint density at radius 2 is 1.80 bits per heavy atom. The molecule has 20 heavy (non-hydrogen) atoms. The summed E-state index contributed by atoms with van der Waals surface area (Å²) in [5.74, 6) is -2.94. The zero-order valence-corrected chi connectivity index (χ0v) is 10.7. The Bertz CT molecular complexity index is 566. The van der Waals surface area contributed by atoms with Gasteiger partial charge < -0.3 is 10.1 Å². The topological polar surface area (TPSA) is 55.4 Å². The Morgan fingerprint density at radius 3 is 2.30 bits per heavy atom. The number of rotatable bonds is 2. The minimum absolute atomic E-state index is 0.0853. The van der Waals surface area contributed by atoms with E-state index in [1.807, 2.05) is 0 Å². The van der Waals surface area contributed by atoms with Crippen LogP contribution < -0.4 is 10.1 Å². The third-order valence-electron chi connectivity index (χ3n) is 3.03. The molecule has 1 unspecified atom stereocenters. The molecule has 0 saturated carbocycles. The van der Waals surface area contributed by atoms with Crippen molar-refractivity contribution in [1.29, 1.82) is 0 Å². The number of ketones is 1. The third-order valence-corrected chi connectivity index (χ3v) is 3.03. The van der Waals surface area contributed by atoms with E-state index in [2.05, 4.69) is 10.1 Å². The zero-order chi connectivity index (χ0) is 15.1. The van der Waals surface area contributed by atoms with E-state index in [-0.39, 0.29) is 5.56 Å². The molecule has 7 heteroatoms. The van der Waals surface area contributed by atoms with Crippen molar-refractivity contribution in [3.63, 3.8) is 0 Å². The van der Waals surface area contributed by atoms with Crippen molar-refractivity contribution in [2.75, 3.05) is 0 Å². The van der Waals surface area contributed by atoms with Gasteiger partial charge in [0, 0.05) is 5.56 Å². The van der Waals surface area contributed by atoms with Gasteiger partial charge in [0.1, 0.15) is 11.7 Å². The van der Waals surface area contributed by atoms with E-state index in [9.17, 15) is 22.8 Å². The highest BCUT2D eigenvalue weighted by Crippen LogP contribution is 2.36. The van der Waals surface area contributed by atoms with Gasteiger partial charge in [-0.05, 0) is 19.9 Å². The van der Waals surface area contributed by atoms with Gasteiger partial charge in [-0.1, -0.05) is 18.2 Å². The third kappa shape index (κ3) is 2.61. The molecule has 1 saturated heterocycles. The fourth-order valence-electron chi connectivity index (χ4n) is 2.14. The average molecular weight is 287 g/mol. The Labute approximate surface area is 112 Å². The van der Waals surface area contributed by atoms with Crippen LogP contribution in [0.3, 0.4) is 0 Å². The van der Waals surface area contributed by atoms with Crippen LogP contribution in [0.5, 0.6) is 5.75 Å². The Balaban J connectivity index is 2.44. The van der Waals surface area contributed by atoms with Crippen LogP contribution in [0, 0.1) is 0 Å². The molecule has 1 heterocycles. The molecule has 4 nitrogen and oxygen atoms in total. The van der Waals surface area contributed by atoms with Crippen molar-refractivity contribution in [3.05, 3.63) is 29.8 Å². The van der Waals surface area contributed by atoms with Gasteiger partial charge in [-0.2, -0.15) is 0 Å². The van der Waals surface area contributed by atoms with Gasteiger partial charge in [-0.15, -0.1) is 13.2 Å². The van der Waals surface area contributed by atoms with E-state index in [0.717, 1.165) is 6.07 Å². The molecule has 1 aliphatic heterocycles. The molecule has 0 aromatic heterocycles. The van der Waals surface area contributed by atoms with E-state index in [4.69, 9.17) is 0 Å². The summed E-state index contributed by atoms with van der Waals surface area (Å²) < 4.78 is 40.9. The van der Waals surface area contributed by atoms with E-state index in [0.29, 0.717) is 0 Å². The highest BCUT2D eigenvalue weighted by atomic mass is 19.4. The fourth-order valence-corrected chi connectivity index (χ4v) is 2.14. The van der Waals surface area contributed by atoms with Crippen LogP contribution in [0.4, 0.5) is 13.2 Å². The van der Waals surface area contributed by atoms with Gasteiger partial charge in [0.15, 0.2) is 5.78 Å². The lowest BCUT2D eigenvalue weighted by atomic mass is 9.89. The molecule has 0 radical (unpaired) electrons. The number of hydrogen-bond acceptors (Lipinski definition) is 3. The second-order valence-corrected chi connectivity index (χ2v) is 5.00. The molecule has 1 aliphatic rings. The summed E-state index contributed by atoms with van der Waals surface area (Å²) in [5, 5.41) is 2.46. The van der Waals surface area contributed by atoms with Crippen molar-refractivity contribution in [2.24, 2.45) is 0 Å². The fraction of sp³-hybridized carbons (Fsp3) is 0.385. The SMILES string of the molecule is CC1(C)NC(=O)C(c2ccccc2OC(F)(F)F)C1=O. The van der Waals surface area contributed by atoms with E-state index in [1.165, 1.54) is 32.0 Å². The second kappa shape index (κ2) is 4.50. The molecular formula is C13H12F3NO3. The van der Waals surface area contributed by atoms with Crippen molar-refractivity contribution in [2.45, 2.75) is 31.7 Å². The summed E-state index contributed by atoms with van der Waals surface area (Å²) in [6, 6.07) is 5.15. The number of ether oxygens (including phenoxy) is 1. The maximum atomic E-state index is 12.3. The summed E-state index contributed by atoms with van der Waals surface area (Å²) in [4.78, 5) is 24.0. The molecule has 108 valence electrons. The number of carbonyl (C=O) groups is 2. The number of alkyl halides is 3. The summed E-state index contributed by atoms with van der Waals surface area (Å²) in [6.07, 6.45) is -4.89. The first-order chi connectivity index (χ1) is 9.12. The number of carbonyl (C=O) groups excluding carboxylic acids is 2. The first-order valence-electron chi connectivity index (χ1n) is 5.83. The van der Waals surface area contributed by atoms with Crippen molar-refractivity contribution in [1.82, 2.24) is 5.32 Å². The number of amides is 1. The smallest absolute Gasteiger partial charge is 0.405 e. The highest BCUT2D eigenvalue weighted by Gasteiger charge is 2.48. The van der Waals surface area contributed by atoms with Crippen LogP contribution in [0.15, 0.2) is 24.3 Å². The Hall–Kier alpha value is -2.05. The standard InChI is InChI=1S/C13H12F3NO3/c1-12(2)10(18)9(11(19)17-12)7-5-3-4-6-8(7)20-13(14,15)16/h3-6,9H,1-2H3,(H,17,19). The molecule has 1 amide bonds. The molecule has 1 aromatic carbocycles. The minimum atomic E-state index is -4.89. The zero-order valence-electron chi connectivity index (χ0n) is 10.7. The Morgan fingerprint density at radius 1 is 1.20 bits per heavy atom. The predicted octanol–water partition coefficient (Wildman–Crippen LogP) is 2.15. The van der Waals surface area contributed by atoms with Gasteiger partial charge in [0.05, 0.1) is 5.54 Å². The Kier molecular flexibility index (Phi) is 3.23. The van der Waals surface area contributed by atoms with Crippen LogP contribution in [0.2, 0.25) is 0 Å². The number of halogens is 3. The second-order valence-electron chi connectivity index (χ2n) is 5.00. The molecular weight excluding hydrogens is 275 g/mol. The number of nitrogens with one attached hydrogen (secondary N) is 1. The van der Waals surface area contributed by atoms with Crippen LogP contribution in [0.1, 0.15) is 25.3 Å². The number of benzene rings is 1. The lowest BCUT2D eigenvalue weighted by molar-refractivity contribution is -0.275. The number of Topliss-reactive ketones (excluding diaryl/α,β-unsaturated/α-hetero) is 1. The predicted molar refractivity (Wildman–Crippen MR) is 63.1 cm³/mol. The summed E-state index contributed by atoms with van der Waals surface area (Å²) in [7, 11) is 0. The lowest BCUT2D eigenvalue weighted by Gasteiger charge is -2.17. The molecule has 0 aliphatic carbocycles. The first-order valence-corrected chi connectivity index (χ1v) is 5.83. The average Bonchev–Trinajstić information content (AvgIpc) is 2.48. The van der Waals surface area contributed by atoms with Crippen LogP contribution >= 0.6 is 0 Å². The molecule has 1 N–H and O–H groups in total. The molecule has 1 atom stereocenters. The summed E-state index contributed by atoms with van der Waals surface area (Å²) >= 11 is 0. The number of para-hydroxylation sites is 1. The molecule has 1 fully saturated rings. The normalized spacial score (nSPS) is 21.8. The number of hydrogen-bond donors (Lipinski definition) is 1. The van der Waals surface area contributed by atoms with E-state index >= 15 is 0 Å². The molecule has 0 spiro atoms. The summed E-state index contributed by atoms with van der Waals surface area (Å²) in [6.45, 7) is 3.00. The molecule has 0 bridgehead atoms. The highest BCUT2D eigenvalue weighted by molar-refractivity contribution is 6.17. The van der Waals surface area contributed by atoms with Gasteiger partial charge >= 0.3 is 6.36 Å². The van der Waals surface area contributed by atoms with Crippen molar-refractivity contribution >= 4 is 11.7 Å². The first kappa shape index (κ1) is 14.4. The van der Waals surface area contributed by atoms with E-state index < -0.39 is 35.3 Å². The maximum Gasteiger partial charge on any atom is 0.573 e. The van der Waals surface area contributed by atoms with Crippen LogP contribution in [-0.4, -0.2) is 23.6 Å². The van der Waals surface area contributed by atoms with Gasteiger partial charge in [-0.3, -0.25) is 9.59 Å². The van der Waals surface area contributed by atoms with Gasteiger partial charge in [0.25, 0.3) is 0 Å². The van der Waals surface area contributed by atoms with Gasteiger partial charge in [-0.25, -0.2) is 0 Å². The summed E-state index contributed by atoms with van der Waals surface area (Å²) in [5.41, 5.74) is -1.19. The lowest BCUT2D eigenvalue weighted by Crippen LogP contribution is -2.39. The van der Waals surface area contributed by atoms with Crippen LogP contribution in [-0.2, 0) is 9.59 Å². The quantitative estimate of drug-likeness (QED) is 0.848. The van der Waals surface area contributed by atoms with Gasteiger partial charge in [0.2, 0.25) is 5.91 Å². The van der Waals surface area contributed by atoms with Crippen molar-refractivity contribution < 1.29 is 27.5 Å². The van der Waals surface area contributed by atoms with Crippen LogP contribution in [0.25, 0.3) is 0 Å². The van der Waals surface area contributed by atoms with Crippen molar-refractivity contribution in [3.8, 4) is 5.75 Å². The molecule has 1 aromatic rings. The minimum Gasteiger partial charge on any atom is -0.405 e. The van der Waals surface area contributed by atoms with E-state index in [1.54, 1.807) is 0 Å².